The SMILES string of the molecule is CCC(CC)CCCC(C)Nc1c2ccc(CCCN)cc2[nH+]c2ccc(OC)cc12. The van der Waals surface area contributed by atoms with Crippen molar-refractivity contribution in [2.45, 2.75) is 71.8 Å². The zero-order valence-electron chi connectivity index (χ0n) is 19.8. The molecule has 0 aliphatic heterocycles. The zero-order chi connectivity index (χ0) is 22.2. The van der Waals surface area contributed by atoms with Crippen LogP contribution in [0.3, 0.4) is 0 Å². The summed E-state index contributed by atoms with van der Waals surface area (Å²) < 4.78 is 5.52. The van der Waals surface area contributed by atoms with E-state index in [1.807, 2.05) is 6.07 Å². The number of aryl methyl sites for hydroxylation is 1. The van der Waals surface area contributed by atoms with E-state index in [4.69, 9.17) is 10.5 Å². The molecule has 0 saturated heterocycles. The number of anilines is 1. The van der Waals surface area contributed by atoms with Crippen molar-refractivity contribution in [2.24, 2.45) is 11.7 Å². The maximum absolute atomic E-state index is 5.72. The smallest absolute Gasteiger partial charge is 0.213 e. The third-order valence-corrected chi connectivity index (χ3v) is 6.58. The van der Waals surface area contributed by atoms with E-state index in [2.05, 4.69) is 61.4 Å². The molecule has 1 heterocycles. The molecule has 0 amide bonds. The molecule has 4 N–H and O–H groups in total. The number of benzene rings is 2. The molecule has 0 spiro atoms. The third-order valence-electron chi connectivity index (χ3n) is 6.58. The predicted octanol–water partition coefficient (Wildman–Crippen LogP) is 6.11. The third kappa shape index (κ3) is 5.88. The summed E-state index contributed by atoms with van der Waals surface area (Å²) in [6, 6.07) is 13.4. The standard InChI is InChI=1S/C27H39N3O/c1-5-20(6-2)10-7-9-19(3)29-27-23-14-12-21(11-8-16-28)17-26(23)30-25-15-13-22(31-4)18-24(25)27/h12-15,17-20H,5-11,16,28H2,1-4H3,(H,29,30)/p+1. The zero-order valence-corrected chi connectivity index (χ0v) is 19.8. The molecular formula is C27H40N3O+. The lowest BCUT2D eigenvalue weighted by Crippen LogP contribution is -2.18. The van der Waals surface area contributed by atoms with Gasteiger partial charge in [-0.25, -0.2) is 4.98 Å². The van der Waals surface area contributed by atoms with Crippen LogP contribution in [0.25, 0.3) is 21.8 Å². The molecule has 4 heteroatoms. The molecule has 1 unspecified atom stereocenters. The van der Waals surface area contributed by atoms with E-state index in [0.717, 1.165) is 36.6 Å². The second-order valence-electron chi connectivity index (χ2n) is 8.84. The van der Waals surface area contributed by atoms with Gasteiger partial charge in [0.1, 0.15) is 5.75 Å². The van der Waals surface area contributed by atoms with Crippen LogP contribution in [0.5, 0.6) is 5.75 Å². The molecule has 0 saturated carbocycles. The predicted molar refractivity (Wildman–Crippen MR) is 133 cm³/mol. The molecule has 0 aliphatic rings. The Morgan fingerprint density at radius 3 is 2.48 bits per heavy atom. The van der Waals surface area contributed by atoms with E-state index in [1.165, 1.54) is 59.6 Å². The highest BCUT2D eigenvalue weighted by Gasteiger charge is 2.17. The van der Waals surface area contributed by atoms with Gasteiger partial charge in [-0.1, -0.05) is 45.6 Å². The average Bonchev–Trinajstić information content (AvgIpc) is 2.79. The van der Waals surface area contributed by atoms with Crippen LogP contribution in [0.1, 0.15) is 64.9 Å². The molecule has 1 aromatic heterocycles. The number of ether oxygens (including phenoxy) is 1. The van der Waals surface area contributed by atoms with Crippen molar-refractivity contribution in [3.05, 3.63) is 42.0 Å². The van der Waals surface area contributed by atoms with E-state index < -0.39 is 0 Å². The summed E-state index contributed by atoms with van der Waals surface area (Å²) in [6.07, 6.45) is 8.35. The van der Waals surface area contributed by atoms with Crippen LogP contribution in [0, 0.1) is 5.92 Å². The molecule has 168 valence electrons. The highest BCUT2D eigenvalue weighted by molar-refractivity contribution is 6.05. The maximum Gasteiger partial charge on any atom is 0.213 e. The van der Waals surface area contributed by atoms with E-state index in [-0.39, 0.29) is 0 Å². The second-order valence-corrected chi connectivity index (χ2v) is 8.84. The number of pyridine rings is 1. The van der Waals surface area contributed by atoms with Gasteiger partial charge in [-0.2, -0.15) is 0 Å². The number of methoxy groups -OCH3 is 1. The molecule has 0 fully saturated rings. The number of hydrogen-bond donors (Lipinski definition) is 2. The first-order valence-corrected chi connectivity index (χ1v) is 12.0. The molecule has 3 rings (SSSR count). The van der Waals surface area contributed by atoms with E-state index >= 15 is 0 Å². The highest BCUT2D eigenvalue weighted by atomic mass is 16.5. The average molecular weight is 423 g/mol. The second kappa shape index (κ2) is 11.3. The first-order chi connectivity index (χ1) is 15.1. The molecule has 1 atom stereocenters. The Labute approximate surface area is 187 Å². The topological polar surface area (TPSA) is 61.4 Å². The van der Waals surface area contributed by atoms with Crippen LogP contribution in [0.2, 0.25) is 0 Å². The van der Waals surface area contributed by atoms with Gasteiger partial charge >= 0.3 is 0 Å². The van der Waals surface area contributed by atoms with Gasteiger partial charge < -0.3 is 15.8 Å². The minimum Gasteiger partial charge on any atom is -0.497 e. The summed E-state index contributed by atoms with van der Waals surface area (Å²) in [5, 5.41) is 6.26. The van der Waals surface area contributed by atoms with Gasteiger partial charge in [0.05, 0.1) is 23.6 Å². The van der Waals surface area contributed by atoms with Crippen molar-refractivity contribution in [2.75, 3.05) is 19.0 Å². The number of aromatic amines is 1. The van der Waals surface area contributed by atoms with Crippen LogP contribution in [0.4, 0.5) is 5.69 Å². The molecule has 0 radical (unpaired) electrons. The van der Waals surface area contributed by atoms with Crippen molar-refractivity contribution in [1.82, 2.24) is 0 Å². The largest absolute Gasteiger partial charge is 0.497 e. The lowest BCUT2D eigenvalue weighted by molar-refractivity contribution is -0.310. The number of hydrogen-bond acceptors (Lipinski definition) is 3. The lowest BCUT2D eigenvalue weighted by Gasteiger charge is -2.19. The number of rotatable bonds is 12. The van der Waals surface area contributed by atoms with Gasteiger partial charge in [-0.05, 0) is 62.4 Å². The number of nitrogens with two attached hydrogens (primary N) is 1. The van der Waals surface area contributed by atoms with E-state index in [0.29, 0.717) is 6.04 Å². The van der Waals surface area contributed by atoms with Gasteiger partial charge in [0, 0.05) is 18.2 Å². The Bertz CT molecular complexity index is 981. The Kier molecular flexibility index (Phi) is 8.53. The summed E-state index contributed by atoms with van der Waals surface area (Å²) in [7, 11) is 1.73. The fraction of sp³-hybridized carbons (Fsp3) is 0.519. The lowest BCUT2D eigenvalue weighted by atomic mass is 9.95. The highest BCUT2D eigenvalue weighted by Crippen LogP contribution is 2.33. The Morgan fingerprint density at radius 2 is 1.77 bits per heavy atom. The van der Waals surface area contributed by atoms with E-state index in [9.17, 15) is 0 Å². The Hall–Kier alpha value is -2.33. The van der Waals surface area contributed by atoms with Gasteiger partial charge in [0.2, 0.25) is 11.0 Å². The van der Waals surface area contributed by atoms with Crippen LogP contribution < -0.4 is 20.8 Å². The molecule has 31 heavy (non-hydrogen) atoms. The number of fused-ring (bicyclic) bond motifs is 2. The van der Waals surface area contributed by atoms with Crippen LogP contribution >= 0.6 is 0 Å². The van der Waals surface area contributed by atoms with Crippen molar-refractivity contribution < 1.29 is 9.72 Å². The summed E-state index contributed by atoms with van der Waals surface area (Å²) in [5.41, 5.74) is 10.5. The molecule has 4 nitrogen and oxygen atoms in total. The van der Waals surface area contributed by atoms with Crippen LogP contribution in [-0.4, -0.2) is 19.7 Å². The van der Waals surface area contributed by atoms with Gasteiger partial charge in [0.15, 0.2) is 0 Å². The number of H-pyrrole nitrogens is 1. The Morgan fingerprint density at radius 1 is 0.968 bits per heavy atom. The molecule has 0 bridgehead atoms. The maximum atomic E-state index is 5.72. The summed E-state index contributed by atoms with van der Waals surface area (Å²) in [6.45, 7) is 7.64. The summed E-state index contributed by atoms with van der Waals surface area (Å²) in [4.78, 5) is 3.64. The van der Waals surface area contributed by atoms with Crippen molar-refractivity contribution in [1.29, 1.82) is 0 Å². The van der Waals surface area contributed by atoms with Gasteiger partial charge in [-0.15, -0.1) is 0 Å². The minimum atomic E-state index is 0.409. The molecule has 2 aromatic carbocycles. The van der Waals surface area contributed by atoms with E-state index in [1.54, 1.807) is 7.11 Å². The summed E-state index contributed by atoms with van der Waals surface area (Å²) in [5.74, 6) is 1.74. The van der Waals surface area contributed by atoms with Crippen molar-refractivity contribution in [3.8, 4) is 5.75 Å². The van der Waals surface area contributed by atoms with Gasteiger partial charge in [-0.3, -0.25) is 0 Å². The number of nitrogens with one attached hydrogen (secondary N) is 2. The quantitative estimate of drug-likeness (QED) is 0.346. The monoisotopic (exact) mass is 422 g/mol. The molecule has 3 aromatic rings. The fourth-order valence-corrected chi connectivity index (χ4v) is 4.51. The van der Waals surface area contributed by atoms with Crippen molar-refractivity contribution in [3.63, 3.8) is 0 Å². The molecular weight excluding hydrogens is 382 g/mol. The first kappa shape index (κ1) is 23.3. The minimum absolute atomic E-state index is 0.409. The van der Waals surface area contributed by atoms with Crippen LogP contribution in [-0.2, 0) is 6.42 Å². The van der Waals surface area contributed by atoms with Crippen molar-refractivity contribution >= 4 is 27.5 Å². The fourth-order valence-electron chi connectivity index (χ4n) is 4.51. The molecule has 0 aliphatic carbocycles. The number of aromatic nitrogens is 1. The normalized spacial score (nSPS) is 12.6. The summed E-state index contributed by atoms with van der Waals surface area (Å²) >= 11 is 0. The van der Waals surface area contributed by atoms with Gasteiger partial charge in [0.25, 0.3) is 0 Å². The first-order valence-electron chi connectivity index (χ1n) is 12.0. The Balaban J connectivity index is 1.93. The van der Waals surface area contributed by atoms with Crippen LogP contribution in [0.15, 0.2) is 36.4 Å².